The molecule has 0 aromatic carbocycles. The second-order valence-corrected chi connectivity index (χ2v) is 10.0. The van der Waals surface area contributed by atoms with Crippen molar-refractivity contribution in [1.82, 2.24) is 14.5 Å². The van der Waals surface area contributed by atoms with Crippen LogP contribution in [-0.4, -0.2) is 33.7 Å². The second kappa shape index (κ2) is 8.26. The van der Waals surface area contributed by atoms with Crippen LogP contribution < -0.4 is 21.9 Å². The van der Waals surface area contributed by atoms with E-state index in [4.69, 9.17) is 11.5 Å². The summed E-state index contributed by atoms with van der Waals surface area (Å²) in [4.78, 5) is 22.8. The standard InChI is InChI=1S/C21H27F3N6OS/c1-12-9-15(25)20(10-12)4-7-30(8-5-20)19-28-17(26)16(18(31)29(19)2)32-14-3-6-27-11-13(14)21(22,23)24/h3,6,11-12,15H,4-5,7-10,25-26H2,1-2H3/t12-,15+/m0/s1. The van der Waals surface area contributed by atoms with Crippen LogP contribution in [0, 0.1) is 11.3 Å². The van der Waals surface area contributed by atoms with Crippen molar-refractivity contribution in [3.05, 3.63) is 34.4 Å². The molecule has 0 radical (unpaired) electrons. The number of nitrogens with zero attached hydrogens (tertiary/aromatic N) is 4. The average molecular weight is 469 g/mol. The Morgan fingerprint density at radius 1 is 1.28 bits per heavy atom. The molecule has 4 N–H and O–H groups in total. The molecule has 7 nitrogen and oxygen atoms in total. The molecule has 3 heterocycles. The summed E-state index contributed by atoms with van der Waals surface area (Å²) >= 11 is 0.664. The maximum atomic E-state index is 13.3. The molecule has 1 saturated heterocycles. The minimum atomic E-state index is -4.59. The van der Waals surface area contributed by atoms with Gasteiger partial charge in [-0.15, -0.1) is 0 Å². The van der Waals surface area contributed by atoms with Gasteiger partial charge in [0.25, 0.3) is 5.56 Å². The lowest BCUT2D eigenvalue weighted by atomic mass is 9.74. The number of rotatable bonds is 3. The third-order valence-corrected chi connectivity index (χ3v) is 7.95. The van der Waals surface area contributed by atoms with E-state index in [0.717, 1.165) is 31.9 Å². The zero-order chi connectivity index (χ0) is 23.3. The third-order valence-electron chi connectivity index (χ3n) is 6.79. The van der Waals surface area contributed by atoms with E-state index in [9.17, 15) is 18.0 Å². The fraction of sp³-hybridized carbons (Fsp3) is 0.571. The predicted molar refractivity (Wildman–Crippen MR) is 118 cm³/mol. The van der Waals surface area contributed by atoms with E-state index in [-0.39, 0.29) is 27.1 Å². The number of hydrogen-bond acceptors (Lipinski definition) is 7. The summed E-state index contributed by atoms with van der Waals surface area (Å²) in [5, 5.41) is 0. The monoisotopic (exact) mass is 468 g/mol. The molecule has 2 atom stereocenters. The molecule has 2 aliphatic rings. The summed E-state index contributed by atoms with van der Waals surface area (Å²) in [7, 11) is 1.57. The maximum Gasteiger partial charge on any atom is 0.418 e. The quantitative estimate of drug-likeness (QED) is 0.713. The highest BCUT2D eigenvalue weighted by atomic mass is 32.2. The number of hydrogen-bond donors (Lipinski definition) is 2. The minimum Gasteiger partial charge on any atom is -0.382 e. The van der Waals surface area contributed by atoms with Gasteiger partial charge in [-0.3, -0.25) is 14.3 Å². The number of nitrogen functional groups attached to an aromatic ring is 1. The number of nitrogens with two attached hydrogens (primary N) is 2. The molecule has 0 amide bonds. The van der Waals surface area contributed by atoms with Gasteiger partial charge in [0.05, 0.1) is 5.56 Å². The SMILES string of the molecule is C[C@H]1C[C@@H](N)C2(CCN(c3nc(N)c(Sc4ccncc4C(F)(F)F)c(=O)n3C)CC2)C1. The van der Waals surface area contributed by atoms with Crippen molar-refractivity contribution in [3.63, 3.8) is 0 Å². The molecule has 2 aromatic rings. The molecule has 2 aromatic heterocycles. The van der Waals surface area contributed by atoms with Crippen molar-refractivity contribution < 1.29 is 13.2 Å². The first-order chi connectivity index (χ1) is 15.0. The minimum absolute atomic E-state index is 0.0342. The first kappa shape index (κ1) is 22.9. The van der Waals surface area contributed by atoms with Crippen molar-refractivity contribution in [1.29, 1.82) is 0 Å². The maximum absolute atomic E-state index is 13.3. The van der Waals surface area contributed by atoms with Gasteiger partial charge in [0.15, 0.2) is 0 Å². The van der Waals surface area contributed by atoms with Crippen LogP contribution in [-0.2, 0) is 13.2 Å². The fourth-order valence-electron chi connectivity index (χ4n) is 5.10. The lowest BCUT2D eigenvalue weighted by molar-refractivity contribution is -0.140. The van der Waals surface area contributed by atoms with E-state index in [1.165, 1.54) is 16.8 Å². The van der Waals surface area contributed by atoms with Crippen LogP contribution in [0.25, 0.3) is 0 Å². The van der Waals surface area contributed by atoms with Gasteiger partial charge in [-0.25, -0.2) is 0 Å². The Kier molecular flexibility index (Phi) is 5.91. The number of piperidine rings is 1. The van der Waals surface area contributed by atoms with Gasteiger partial charge >= 0.3 is 6.18 Å². The Balaban J connectivity index is 1.59. The normalized spacial score (nSPS) is 23.1. The second-order valence-electron chi connectivity index (χ2n) is 8.96. The van der Waals surface area contributed by atoms with Crippen molar-refractivity contribution in [3.8, 4) is 0 Å². The first-order valence-electron chi connectivity index (χ1n) is 10.6. The molecular formula is C21H27F3N6OS. The highest BCUT2D eigenvalue weighted by Crippen LogP contribution is 2.48. The van der Waals surface area contributed by atoms with Crippen molar-refractivity contribution in [2.75, 3.05) is 23.7 Å². The van der Waals surface area contributed by atoms with E-state index in [1.807, 2.05) is 4.90 Å². The molecule has 11 heteroatoms. The van der Waals surface area contributed by atoms with E-state index in [0.29, 0.717) is 36.7 Å². The first-order valence-corrected chi connectivity index (χ1v) is 11.4. The number of aromatic nitrogens is 3. The zero-order valence-electron chi connectivity index (χ0n) is 18.0. The van der Waals surface area contributed by atoms with Gasteiger partial charge in [0.1, 0.15) is 10.7 Å². The highest BCUT2D eigenvalue weighted by Gasteiger charge is 2.46. The van der Waals surface area contributed by atoms with Crippen LogP contribution in [0.15, 0.2) is 33.0 Å². The number of pyridine rings is 1. The molecule has 0 bridgehead atoms. The van der Waals surface area contributed by atoms with E-state index >= 15 is 0 Å². The number of alkyl halides is 3. The van der Waals surface area contributed by atoms with Gasteiger partial charge in [0.2, 0.25) is 5.95 Å². The van der Waals surface area contributed by atoms with E-state index in [1.54, 1.807) is 7.05 Å². The van der Waals surface area contributed by atoms with Crippen LogP contribution in [0.4, 0.5) is 24.9 Å². The molecule has 1 aliphatic heterocycles. The molecule has 1 saturated carbocycles. The molecule has 174 valence electrons. The number of halogens is 3. The average Bonchev–Trinajstić information content (AvgIpc) is 3.01. The van der Waals surface area contributed by atoms with Gasteiger partial charge in [-0.05, 0) is 43.1 Å². The van der Waals surface area contributed by atoms with Crippen molar-refractivity contribution in [2.45, 2.75) is 54.6 Å². The summed E-state index contributed by atoms with van der Waals surface area (Å²) in [6.07, 6.45) is 1.37. The fourth-order valence-corrected chi connectivity index (χ4v) is 6.10. The Hall–Kier alpha value is -2.27. The van der Waals surface area contributed by atoms with Gasteiger partial charge in [-0.1, -0.05) is 18.7 Å². The summed E-state index contributed by atoms with van der Waals surface area (Å²) in [6, 6.07) is 1.40. The molecule has 0 unspecified atom stereocenters. The van der Waals surface area contributed by atoms with Gasteiger partial charge < -0.3 is 16.4 Å². The highest BCUT2D eigenvalue weighted by molar-refractivity contribution is 7.99. The molecule has 2 fully saturated rings. The molecule has 1 aliphatic carbocycles. The van der Waals surface area contributed by atoms with Crippen LogP contribution in [0.2, 0.25) is 0 Å². The third kappa shape index (κ3) is 4.07. The summed E-state index contributed by atoms with van der Waals surface area (Å²) in [5.74, 6) is 0.961. The largest absolute Gasteiger partial charge is 0.418 e. The van der Waals surface area contributed by atoms with Crippen LogP contribution >= 0.6 is 11.8 Å². The lowest BCUT2D eigenvalue weighted by Crippen LogP contribution is -2.48. The number of anilines is 2. The molecular weight excluding hydrogens is 441 g/mol. The van der Waals surface area contributed by atoms with Crippen molar-refractivity contribution >= 4 is 23.5 Å². The topological polar surface area (TPSA) is 103 Å². The summed E-state index contributed by atoms with van der Waals surface area (Å²) in [6.45, 7) is 3.64. The summed E-state index contributed by atoms with van der Waals surface area (Å²) < 4.78 is 41.3. The zero-order valence-corrected chi connectivity index (χ0v) is 18.8. The van der Waals surface area contributed by atoms with E-state index in [2.05, 4.69) is 16.9 Å². The molecule has 4 rings (SSSR count). The van der Waals surface area contributed by atoms with Crippen molar-refractivity contribution in [2.24, 2.45) is 24.1 Å². The molecule has 32 heavy (non-hydrogen) atoms. The molecule has 1 spiro atoms. The van der Waals surface area contributed by atoms with Gasteiger partial charge in [-0.2, -0.15) is 18.2 Å². The summed E-state index contributed by atoms with van der Waals surface area (Å²) in [5.41, 5.74) is 11.2. The Labute approximate surface area is 188 Å². The van der Waals surface area contributed by atoms with E-state index < -0.39 is 17.3 Å². The lowest BCUT2D eigenvalue weighted by Gasteiger charge is -2.42. The van der Waals surface area contributed by atoms with Crippen LogP contribution in [0.3, 0.4) is 0 Å². The Morgan fingerprint density at radius 3 is 2.56 bits per heavy atom. The van der Waals surface area contributed by atoms with Crippen LogP contribution in [0.1, 0.15) is 38.2 Å². The van der Waals surface area contributed by atoms with Gasteiger partial charge in [0, 0.05) is 43.5 Å². The smallest absolute Gasteiger partial charge is 0.382 e. The van der Waals surface area contributed by atoms with Crippen LogP contribution in [0.5, 0.6) is 0 Å². The Bertz CT molecular complexity index is 1060. The predicted octanol–water partition coefficient (Wildman–Crippen LogP) is 3.27. The Morgan fingerprint density at radius 2 is 1.97 bits per heavy atom.